The molecule has 0 bridgehead atoms. The molecule has 0 spiro atoms. The van der Waals surface area contributed by atoms with E-state index in [1.54, 1.807) is 0 Å². The van der Waals surface area contributed by atoms with E-state index in [0.29, 0.717) is 66.7 Å². The number of hydrogen-bond acceptors (Lipinski definition) is 23. The van der Waals surface area contributed by atoms with E-state index in [2.05, 4.69) is 252 Å². The number of hydrogen-bond donors (Lipinski definition) is 7. The molecular weight excluding hydrogens is 1090 g/mol. The highest BCUT2D eigenvalue weighted by atomic mass is 15.5. The van der Waals surface area contributed by atoms with Gasteiger partial charge >= 0.3 is 0 Å². The summed E-state index contributed by atoms with van der Waals surface area (Å²) in [4.78, 5) is 62.8. The van der Waals surface area contributed by atoms with Crippen LogP contribution in [0.5, 0.6) is 0 Å². The largest absolute Gasteiger partial charge is 0.341 e. The van der Waals surface area contributed by atoms with Crippen LogP contribution in [0.2, 0.25) is 0 Å². The Labute approximate surface area is 525 Å². The summed E-state index contributed by atoms with van der Waals surface area (Å²) in [6, 6.07) is 0.973. The zero-order chi connectivity index (χ0) is 64.6. The Bertz CT molecular complexity index is 2660. The second-order valence-corrected chi connectivity index (χ2v) is 34.0. The van der Waals surface area contributed by atoms with E-state index in [9.17, 15) is 0 Å². The molecule has 3 aromatic heterocycles. The summed E-state index contributed by atoms with van der Waals surface area (Å²) in [5.41, 5.74) is -0.739. The van der Waals surface area contributed by atoms with Gasteiger partial charge in [0.05, 0.1) is 20.0 Å². The number of aromatic nitrogens is 9. The fourth-order valence-corrected chi connectivity index (χ4v) is 16.7. The van der Waals surface area contributed by atoms with Crippen molar-refractivity contribution in [2.24, 2.45) is 0 Å². The Morgan fingerprint density at radius 2 is 0.517 bits per heavy atom. The van der Waals surface area contributed by atoms with Gasteiger partial charge in [0.2, 0.25) is 47.6 Å². The van der Waals surface area contributed by atoms with Gasteiger partial charge in [-0.1, -0.05) is 0 Å². The summed E-state index contributed by atoms with van der Waals surface area (Å²) in [5, 5.41) is 26.8. The van der Waals surface area contributed by atoms with Gasteiger partial charge in [0.25, 0.3) is 0 Å². The maximum absolute atomic E-state index is 5.34. The number of piperidine rings is 5. The summed E-state index contributed by atoms with van der Waals surface area (Å²) in [6.45, 7) is 48.8. The normalized spacial score (nSPS) is 24.0. The molecule has 5 fully saturated rings. The van der Waals surface area contributed by atoms with Crippen LogP contribution in [0.3, 0.4) is 0 Å². The quantitative estimate of drug-likeness (QED) is 0.0563. The standard InChI is InChI=1S/C64H119N23/c1-41-67-49(82(23)42-28-55(2,3)76-56(4,5)29-42)75-54(68-41)87(39-66-48-71-52(85(26)45-34-61(14,15)79-62(16,17)35-45)74-53(72-48)86(27)46-36-63(18,19)80-64(20,21)37-46)40-81(22)38-65-47-69-50(83(24)43-30-57(6,7)77-58(8,9)31-43)73-51(70-47)84(25)44-32-59(10,11)78-60(12,13)33-44/h42-46,76-80H,28-40H2,1-27H3,(H,65,69,70,73)(H,66,71,72,74). The SMILES string of the molecule is Cc1nc(N(CNc2nc(N(C)C3CC(C)(C)NC(C)(C)C3)nc(N(C)C3CC(C)(C)NC(C)(C)C3)n2)CN(C)CNc2nc(N(C)C3CC(C)(C)NC(C)(C)C3)nc(N(C)C3CC(C)(C)NC(C)(C)C3)n2)nc(N(C)C2CC(C)(C)NC(C)(C)C2)n1. The highest BCUT2D eigenvalue weighted by molar-refractivity contribution is 5.49. The monoisotopic (exact) mass is 1210 g/mol. The van der Waals surface area contributed by atoms with Crippen molar-refractivity contribution in [3.63, 3.8) is 0 Å². The minimum atomic E-state index is -0.0811. The lowest BCUT2D eigenvalue weighted by Crippen LogP contribution is -2.62. The van der Waals surface area contributed by atoms with E-state index < -0.39 is 0 Å². The Hall–Kier alpha value is -4.81. The molecule has 0 amide bonds. The van der Waals surface area contributed by atoms with Gasteiger partial charge in [0.15, 0.2) is 0 Å². The first kappa shape index (κ1) is 68.1. The van der Waals surface area contributed by atoms with Crippen LogP contribution >= 0.6 is 0 Å². The number of aryl methyl sites for hydroxylation is 1. The highest BCUT2D eigenvalue weighted by Crippen LogP contribution is 2.39. The van der Waals surface area contributed by atoms with Gasteiger partial charge in [-0.2, -0.15) is 44.9 Å². The molecule has 5 aliphatic rings. The predicted octanol–water partition coefficient (Wildman–Crippen LogP) is 8.11. The molecule has 8 heterocycles. The Kier molecular flexibility index (Phi) is 18.9. The van der Waals surface area contributed by atoms with Crippen molar-refractivity contribution < 1.29 is 0 Å². The summed E-state index contributed by atoms with van der Waals surface area (Å²) >= 11 is 0. The van der Waals surface area contributed by atoms with Crippen LogP contribution in [-0.2, 0) is 0 Å². The fraction of sp³-hybridized carbons (Fsp3) is 0.859. The van der Waals surface area contributed by atoms with Gasteiger partial charge < -0.3 is 66.6 Å². The van der Waals surface area contributed by atoms with Crippen LogP contribution in [-0.4, -0.2) is 198 Å². The second kappa shape index (κ2) is 24.1. The van der Waals surface area contributed by atoms with E-state index in [1.807, 2.05) is 6.92 Å². The number of nitrogens with zero attached hydrogens (tertiary/aromatic N) is 16. The van der Waals surface area contributed by atoms with Crippen molar-refractivity contribution in [1.82, 2.24) is 76.3 Å². The first-order valence-electron chi connectivity index (χ1n) is 32.4. The second-order valence-electron chi connectivity index (χ2n) is 34.0. The summed E-state index contributed by atoms with van der Waals surface area (Å²) < 4.78 is 0. The lowest BCUT2D eigenvalue weighted by molar-refractivity contribution is 0.159. The van der Waals surface area contributed by atoms with Gasteiger partial charge in [-0.3, -0.25) is 4.90 Å². The molecule has 0 saturated carbocycles. The third-order valence-corrected chi connectivity index (χ3v) is 18.7. The summed E-state index contributed by atoms with van der Waals surface area (Å²) in [7, 11) is 12.8. The molecular formula is C64H119N23. The van der Waals surface area contributed by atoms with Crippen LogP contribution in [0.15, 0.2) is 0 Å². The molecule has 23 nitrogen and oxygen atoms in total. The Balaban J connectivity index is 1.14. The van der Waals surface area contributed by atoms with Crippen molar-refractivity contribution in [2.75, 3.05) is 102 Å². The molecule has 0 radical (unpaired) electrons. The molecule has 0 unspecified atom stereocenters. The molecule has 0 atom stereocenters. The van der Waals surface area contributed by atoms with Crippen molar-refractivity contribution in [3.05, 3.63) is 5.82 Å². The topological polar surface area (TPSA) is 223 Å². The van der Waals surface area contributed by atoms with Crippen molar-refractivity contribution in [1.29, 1.82) is 0 Å². The molecule has 23 heteroatoms. The van der Waals surface area contributed by atoms with Gasteiger partial charge in [-0.15, -0.1) is 0 Å². The third kappa shape index (κ3) is 17.8. The molecule has 8 rings (SSSR count). The van der Waals surface area contributed by atoms with Crippen molar-refractivity contribution >= 4 is 47.6 Å². The first-order valence-corrected chi connectivity index (χ1v) is 32.4. The lowest BCUT2D eigenvalue weighted by atomic mass is 9.79. The van der Waals surface area contributed by atoms with E-state index in [1.165, 1.54) is 0 Å². The molecule has 5 aliphatic heterocycles. The highest BCUT2D eigenvalue weighted by Gasteiger charge is 2.45. The van der Waals surface area contributed by atoms with E-state index in [0.717, 1.165) is 64.2 Å². The average molecular weight is 1210 g/mol. The van der Waals surface area contributed by atoms with Crippen LogP contribution in [0.1, 0.15) is 209 Å². The minimum Gasteiger partial charge on any atom is -0.341 e. The number of rotatable bonds is 19. The zero-order valence-electron chi connectivity index (χ0n) is 59.2. The van der Waals surface area contributed by atoms with Gasteiger partial charge in [0.1, 0.15) is 5.82 Å². The molecule has 0 aromatic carbocycles. The van der Waals surface area contributed by atoms with E-state index in [-0.39, 0.29) is 92.3 Å². The van der Waals surface area contributed by atoms with Crippen LogP contribution < -0.4 is 66.6 Å². The van der Waals surface area contributed by atoms with Crippen LogP contribution in [0, 0.1) is 6.92 Å². The number of anilines is 8. The minimum absolute atomic E-state index is 0.0666. The zero-order valence-corrected chi connectivity index (χ0v) is 59.2. The molecule has 7 N–H and O–H groups in total. The third-order valence-electron chi connectivity index (χ3n) is 18.7. The van der Waals surface area contributed by atoms with Gasteiger partial charge in [0, 0.05) is 121 Å². The Morgan fingerprint density at radius 3 is 0.770 bits per heavy atom. The van der Waals surface area contributed by atoms with Crippen molar-refractivity contribution in [2.45, 2.75) is 295 Å². The molecule has 490 valence electrons. The van der Waals surface area contributed by atoms with Gasteiger partial charge in [-0.05, 0) is 217 Å². The fourth-order valence-electron chi connectivity index (χ4n) is 16.7. The molecule has 5 saturated heterocycles. The van der Waals surface area contributed by atoms with Crippen LogP contribution in [0.4, 0.5) is 47.6 Å². The number of nitrogens with one attached hydrogen (secondary N) is 7. The summed E-state index contributed by atoms with van der Waals surface area (Å²) in [6.07, 6.45) is 9.40. The first-order chi connectivity index (χ1) is 39.7. The van der Waals surface area contributed by atoms with E-state index in [4.69, 9.17) is 44.9 Å². The molecule has 0 aliphatic carbocycles. The van der Waals surface area contributed by atoms with Gasteiger partial charge in [-0.25, -0.2) is 0 Å². The molecule has 87 heavy (non-hydrogen) atoms. The summed E-state index contributed by atoms with van der Waals surface area (Å²) in [5.74, 6) is 5.36. The Morgan fingerprint density at radius 1 is 0.310 bits per heavy atom. The lowest BCUT2D eigenvalue weighted by Gasteiger charge is -2.49. The van der Waals surface area contributed by atoms with Crippen LogP contribution in [0.25, 0.3) is 0 Å². The smallest absolute Gasteiger partial charge is 0.232 e. The maximum Gasteiger partial charge on any atom is 0.232 e. The van der Waals surface area contributed by atoms with Crippen molar-refractivity contribution in [3.8, 4) is 0 Å². The van der Waals surface area contributed by atoms with E-state index >= 15 is 0 Å². The average Bonchev–Trinajstić information content (AvgIpc) is 1.01. The molecule has 3 aromatic rings. The maximum atomic E-state index is 5.34. The predicted molar refractivity (Wildman–Crippen MR) is 360 cm³/mol.